The second-order valence-electron chi connectivity index (χ2n) is 8.67. The van der Waals surface area contributed by atoms with Gasteiger partial charge in [0.15, 0.2) is 5.79 Å². The molecule has 29 heavy (non-hydrogen) atoms. The zero-order valence-corrected chi connectivity index (χ0v) is 20.3. The van der Waals surface area contributed by atoms with E-state index in [0.29, 0.717) is 6.04 Å². The fourth-order valence-electron chi connectivity index (χ4n) is 3.56. The Labute approximate surface area is 177 Å². The van der Waals surface area contributed by atoms with Crippen LogP contribution in [0, 0.1) is 0 Å². The molecule has 1 unspecified atom stereocenters. The molecular weight excluding hydrogens is 380 g/mol. The number of hydrogen-bond acceptors (Lipinski definition) is 4. The molecule has 0 saturated heterocycles. The second-order valence-corrected chi connectivity index (χ2v) is 11.1. The third-order valence-electron chi connectivity index (χ3n) is 4.58. The van der Waals surface area contributed by atoms with E-state index >= 15 is 0 Å². The van der Waals surface area contributed by atoms with Gasteiger partial charge in [0.05, 0.1) is 6.10 Å². The van der Waals surface area contributed by atoms with Gasteiger partial charge in [-0.3, -0.25) is 0 Å². The van der Waals surface area contributed by atoms with Crippen molar-refractivity contribution in [3.8, 4) is 0 Å². The van der Waals surface area contributed by atoms with E-state index in [4.69, 9.17) is 18.0 Å². The fraction of sp³-hybridized carbons (Fsp3) is 0.583. The molecule has 2 aromatic carbocycles. The summed E-state index contributed by atoms with van der Waals surface area (Å²) in [6.45, 7) is 16.2. The molecule has 0 aliphatic carbocycles. The molecule has 0 heterocycles. The Balaban J connectivity index is 2.46. The smallest absolute Gasteiger partial charge is 0.371 e. The van der Waals surface area contributed by atoms with Gasteiger partial charge in [-0.2, -0.15) is 0 Å². The Morgan fingerprint density at radius 1 is 0.862 bits per heavy atom. The summed E-state index contributed by atoms with van der Waals surface area (Å²) in [5, 5.41) is 2.41. The van der Waals surface area contributed by atoms with E-state index in [1.54, 1.807) is 0 Å². The minimum absolute atomic E-state index is 0.0187. The van der Waals surface area contributed by atoms with Crippen LogP contribution in [-0.4, -0.2) is 32.9 Å². The molecule has 2 aromatic rings. The summed E-state index contributed by atoms with van der Waals surface area (Å²) in [6.07, 6.45) is 0.970. The first-order valence-corrected chi connectivity index (χ1v) is 12.7. The van der Waals surface area contributed by atoms with Crippen LogP contribution in [0.25, 0.3) is 10.8 Å². The van der Waals surface area contributed by atoms with Crippen molar-refractivity contribution in [2.45, 2.75) is 92.0 Å². The van der Waals surface area contributed by atoms with Gasteiger partial charge >= 0.3 is 8.80 Å². The van der Waals surface area contributed by atoms with Crippen molar-refractivity contribution < 1.29 is 18.0 Å². The molecule has 162 valence electrons. The molecule has 2 rings (SSSR count). The zero-order chi connectivity index (χ0) is 21.7. The highest BCUT2D eigenvalue weighted by atomic mass is 28.4. The highest BCUT2D eigenvalue weighted by Crippen LogP contribution is 2.30. The van der Waals surface area contributed by atoms with Crippen LogP contribution >= 0.6 is 0 Å². The van der Waals surface area contributed by atoms with Crippen molar-refractivity contribution >= 4 is 19.6 Å². The van der Waals surface area contributed by atoms with Crippen molar-refractivity contribution in [2.75, 3.05) is 0 Å². The standard InChI is InChI=1S/C24H38O4Si/c1-9-20(6)25-24(7,8)28-29(26-18(2)3,27-19(4)5)17-22-15-12-14-21-13-10-11-16-23(21)22/h10-16,18-20H,9,17H2,1-8H3. The van der Waals surface area contributed by atoms with Gasteiger partial charge < -0.3 is 18.0 Å². The minimum Gasteiger partial charge on any atom is -0.371 e. The molecule has 0 radical (unpaired) electrons. The van der Waals surface area contributed by atoms with E-state index in [0.717, 1.165) is 6.42 Å². The first kappa shape index (κ1) is 24.0. The summed E-state index contributed by atoms with van der Waals surface area (Å²) >= 11 is 0. The molecule has 0 saturated carbocycles. The van der Waals surface area contributed by atoms with Gasteiger partial charge in [-0.05, 0) is 71.2 Å². The molecule has 1 atom stereocenters. The van der Waals surface area contributed by atoms with Gasteiger partial charge in [0.25, 0.3) is 0 Å². The van der Waals surface area contributed by atoms with Gasteiger partial charge in [-0.1, -0.05) is 49.4 Å². The summed E-state index contributed by atoms with van der Waals surface area (Å²) < 4.78 is 25.8. The van der Waals surface area contributed by atoms with E-state index in [1.807, 2.05) is 41.5 Å². The first-order chi connectivity index (χ1) is 13.6. The molecule has 0 aliphatic heterocycles. The highest BCUT2D eigenvalue weighted by molar-refractivity contribution is 6.60. The predicted octanol–water partition coefficient (Wildman–Crippen LogP) is 6.28. The van der Waals surface area contributed by atoms with Crippen LogP contribution < -0.4 is 0 Å². The number of benzene rings is 2. The normalized spacial score (nSPS) is 14.1. The average molecular weight is 419 g/mol. The highest BCUT2D eigenvalue weighted by Gasteiger charge is 2.48. The first-order valence-electron chi connectivity index (χ1n) is 10.8. The Kier molecular flexibility index (Phi) is 8.44. The molecular formula is C24H38O4Si. The van der Waals surface area contributed by atoms with Crippen molar-refractivity contribution in [3.63, 3.8) is 0 Å². The van der Waals surface area contributed by atoms with E-state index in [-0.39, 0.29) is 18.3 Å². The van der Waals surface area contributed by atoms with E-state index in [1.165, 1.54) is 16.3 Å². The van der Waals surface area contributed by atoms with Crippen LogP contribution in [0.4, 0.5) is 0 Å². The summed E-state index contributed by atoms with van der Waals surface area (Å²) in [6, 6.07) is 15.4. The van der Waals surface area contributed by atoms with Crippen LogP contribution in [0.3, 0.4) is 0 Å². The monoisotopic (exact) mass is 418 g/mol. The number of hydrogen-bond donors (Lipinski definition) is 0. The third kappa shape index (κ3) is 7.19. The maximum absolute atomic E-state index is 6.64. The Bertz CT molecular complexity index is 757. The fourth-order valence-corrected chi connectivity index (χ4v) is 6.96. The van der Waals surface area contributed by atoms with Crippen LogP contribution in [0.1, 0.15) is 67.4 Å². The molecule has 0 amide bonds. The Hall–Kier alpha value is -1.24. The maximum Gasteiger partial charge on any atom is 0.508 e. The zero-order valence-electron chi connectivity index (χ0n) is 19.3. The van der Waals surface area contributed by atoms with Crippen molar-refractivity contribution in [2.24, 2.45) is 0 Å². The quantitative estimate of drug-likeness (QED) is 0.318. The number of ether oxygens (including phenoxy) is 1. The molecule has 0 bridgehead atoms. The van der Waals surface area contributed by atoms with Crippen LogP contribution in [0.15, 0.2) is 42.5 Å². The van der Waals surface area contributed by atoms with Crippen LogP contribution in [-0.2, 0) is 24.1 Å². The summed E-state index contributed by atoms with van der Waals surface area (Å²) in [7, 11) is -3.12. The molecule has 0 aliphatic rings. The molecule has 0 aromatic heterocycles. The van der Waals surface area contributed by atoms with Gasteiger partial charge in [0.1, 0.15) is 0 Å². The summed E-state index contributed by atoms with van der Waals surface area (Å²) in [5.74, 6) is -0.810. The molecule has 0 fully saturated rings. The second kappa shape index (κ2) is 10.2. The lowest BCUT2D eigenvalue weighted by Crippen LogP contribution is -2.56. The Morgan fingerprint density at radius 3 is 2.03 bits per heavy atom. The van der Waals surface area contributed by atoms with E-state index in [9.17, 15) is 0 Å². The topological polar surface area (TPSA) is 36.9 Å². The molecule has 0 N–H and O–H groups in total. The molecule has 5 heteroatoms. The van der Waals surface area contributed by atoms with Crippen molar-refractivity contribution in [1.82, 2.24) is 0 Å². The van der Waals surface area contributed by atoms with Crippen molar-refractivity contribution in [3.05, 3.63) is 48.0 Å². The lowest BCUT2D eigenvalue weighted by Gasteiger charge is -2.40. The third-order valence-corrected chi connectivity index (χ3v) is 7.86. The summed E-state index contributed by atoms with van der Waals surface area (Å²) in [5.41, 5.74) is 1.18. The molecule has 0 spiro atoms. The predicted molar refractivity (Wildman–Crippen MR) is 122 cm³/mol. The van der Waals surface area contributed by atoms with Gasteiger partial charge in [0, 0.05) is 18.3 Å². The van der Waals surface area contributed by atoms with E-state index < -0.39 is 14.6 Å². The number of fused-ring (bicyclic) bond motifs is 1. The SMILES string of the molecule is CCC(C)OC(C)(C)O[Si](Cc1cccc2ccccc12)(OC(C)C)OC(C)C. The number of rotatable bonds is 11. The molecule has 4 nitrogen and oxygen atoms in total. The van der Waals surface area contributed by atoms with Gasteiger partial charge in [-0.25, -0.2) is 0 Å². The van der Waals surface area contributed by atoms with Gasteiger partial charge in [-0.15, -0.1) is 0 Å². The van der Waals surface area contributed by atoms with Crippen molar-refractivity contribution in [1.29, 1.82) is 0 Å². The minimum atomic E-state index is -3.12. The van der Waals surface area contributed by atoms with E-state index in [2.05, 4.69) is 56.3 Å². The summed E-state index contributed by atoms with van der Waals surface area (Å²) in [4.78, 5) is 0. The lowest BCUT2D eigenvalue weighted by molar-refractivity contribution is -0.213. The van der Waals surface area contributed by atoms with Crippen LogP contribution in [0.5, 0.6) is 0 Å². The van der Waals surface area contributed by atoms with Gasteiger partial charge in [0.2, 0.25) is 0 Å². The Morgan fingerprint density at radius 2 is 1.45 bits per heavy atom. The maximum atomic E-state index is 6.64. The largest absolute Gasteiger partial charge is 0.508 e. The lowest BCUT2D eigenvalue weighted by atomic mass is 10.1. The van der Waals surface area contributed by atoms with Crippen LogP contribution in [0.2, 0.25) is 0 Å². The average Bonchev–Trinajstić information content (AvgIpc) is 2.59.